The molecular weight excluding hydrogens is 494 g/mol. The number of Topliss-reactive ketones (excluding diaryl/α,β-unsaturated/α-hetero) is 2. The van der Waals surface area contributed by atoms with Gasteiger partial charge in [-0.2, -0.15) is 11.8 Å². The maximum absolute atomic E-state index is 14.5. The lowest BCUT2D eigenvalue weighted by Gasteiger charge is -2.51. The molecule has 0 bridgehead atoms. The van der Waals surface area contributed by atoms with E-state index in [1.165, 1.54) is 7.11 Å². The standard InChI is InChI=1S/C25H36ClNO7S/c1-11-7-14-18(13(12-5-6-35-10-12)8-15(27-14)24(30)33-4)22(28)25(11)23(29)19-16(31-2)9-17(32-3)20(26)21(19)34-25/h11-21,27H,5-10H2,1-4H3/t11-,12?,13?,14?,15?,16?,17?,18?,19?,20?,21?,25+/m1/s1. The molecule has 5 fully saturated rings. The van der Waals surface area contributed by atoms with E-state index in [0.717, 1.165) is 17.9 Å². The number of carbonyl (C=O) groups excluding carboxylic acids is 3. The van der Waals surface area contributed by atoms with Crippen molar-refractivity contribution in [1.82, 2.24) is 5.32 Å². The lowest BCUT2D eigenvalue weighted by molar-refractivity contribution is -0.177. The van der Waals surface area contributed by atoms with E-state index in [4.69, 9.17) is 30.5 Å². The smallest absolute Gasteiger partial charge is 0.322 e. The van der Waals surface area contributed by atoms with E-state index in [2.05, 4.69) is 5.32 Å². The molecule has 3 heterocycles. The number of carbonyl (C=O) groups is 3. The van der Waals surface area contributed by atoms with Crippen LogP contribution >= 0.6 is 23.4 Å². The van der Waals surface area contributed by atoms with Crippen LogP contribution in [-0.4, -0.2) is 91.7 Å². The molecule has 35 heavy (non-hydrogen) atoms. The number of fused-ring (bicyclic) bond motifs is 2. The van der Waals surface area contributed by atoms with E-state index < -0.39 is 41.1 Å². The number of ether oxygens (including phenoxy) is 4. The number of thioether (sulfide) groups is 1. The van der Waals surface area contributed by atoms with Crippen LogP contribution in [0.3, 0.4) is 0 Å². The largest absolute Gasteiger partial charge is 0.468 e. The second-order valence-corrected chi connectivity index (χ2v) is 12.5. The zero-order valence-corrected chi connectivity index (χ0v) is 22.3. The molecule has 5 rings (SSSR count). The number of alkyl halides is 1. The summed E-state index contributed by atoms with van der Waals surface area (Å²) in [7, 11) is 4.57. The van der Waals surface area contributed by atoms with E-state index in [1.54, 1.807) is 14.2 Å². The van der Waals surface area contributed by atoms with Gasteiger partial charge in [-0.25, -0.2) is 0 Å². The van der Waals surface area contributed by atoms with Crippen LogP contribution in [0.1, 0.15) is 32.6 Å². The monoisotopic (exact) mass is 529 g/mol. The summed E-state index contributed by atoms with van der Waals surface area (Å²) in [4.78, 5) is 41.1. The highest BCUT2D eigenvalue weighted by Crippen LogP contribution is 2.54. The van der Waals surface area contributed by atoms with E-state index in [9.17, 15) is 14.4 Å². The van der Waals surface area contributed by atoms with Crippen LogP contribution in [0, 0.1) is 29.6 Å². The zero-order valence-electron chi connectivity index (χ0n) is 20.7. The molecule has 10 unspecified atom stereocenters. The van der Waals surface area contributed by atoms with Crippen molar-refractivity contribution in [3.63, 3.8) is 0 Å². The minimum atomic E-state index is -1.53. The van der Waals surface area contributed by atoms with Crippen LogP contribution in [0.25, 0.3) is 0 Å². The quantitative estimate of drug-likeness (QED) is 0.332. The van der Waals surface area contributed by atoms with Crippen molar-refractivity contribution in [3.05, 3.63) is 0 Å². The van der Waals surface area contributed by atoms with Gasteiger partial charge in [0.1, 0.15) is 6.04 Å². The Labute approximate surface area is 215 Å². The van der Waals surface area contributed by atoms with Gasteiger partial charge in [-0.3, -0.25) is 14.4 Å². The first-order valence-corrected chi connectivity index (χ1v) is 14.2. The molecule has 0 aromatic rings. The fourth-order valence-electron chi connectivity index (χ4n) is 7.57. The van der Waals surface area contributed by atoms with Crippen molar-refractivity contribution in [1.29, 1.82) is 0 Å². The number of hydrogen-bond donors (Lipinski definition) is 1. The predicted molar refractivity (Wildman–Crippen MR) is 130 cm³/mol. The van der Waals surface area contributed by atoms with Crippen LogP contribution < -0.4 is 5.32 Å². The number of rotatable bonds is 4. The molecule has 1 spiro atoms. The Bertz CT molecular complexity index is 869. The number of halogens is 1. The van der Waals surface area contributed by atoms with Crippen molar-refractivity contribution in [2.75, 3.05) is 32.8 Å². The molecule has 5 aliphatic rings. The average Bonchev–Trinajstić information content (AvgIpc) is 3.50. The van der Waals surface area contributed by atoms with Crippen LogP contribution in [-0.2, 0) is 33.3 Å². The molecule has 8 nitrogen and oxygen atoms in total. The highest BCUT2D eigenvalue weighted by molar-refractivity contribution is 7.99. The first-order chi connectivity index (χ1) is 16.8. The molecule has 196 valence electrons. The Hall–Kier alpha value is -0.710. The van der Waals surface area contributed by atoms with Crippen LogP contribution in [0.2, 0.25) is 0 Å². The van der Waals surface area contributed by atoms with Crippen LogP contribution in [0.15, 0.2) is 0 Å². The van der Waals surface area contributed by atoms with Gasteiger partial charge >= 0.3 is 5.97 Å². The minimum Gasteiger partial charge on any atom is -0.468 e. The normalized spacial score (nSPS) is 49.7. The van der Waals surface area contributed by atoms with Crippen molar-refractivity contribution in [2.24, 2.45) is 29.6 Å². The molecule has 0 aromatic heterocycles. The fourth-order valence-corrected chi connectivity index (χ4v) is 9.34. The maximum atomic E-state index is 14.5. The highest BCUT2D eigenvalue weighted by atomic mass is 35.5. The zero-order chi connectivity index (χ0) is 25.1. The summed E-state index contributed by atoms with van der Waals surface area (Å²) in [6.07, 6.45) is 1.19. The van der Waals surface area contributed by atoms with Gasteiger partial charge in [-0.1, -0.05) is 6.92 Å². The Morgan fingerprint density at radius 2 is 1.80 bits per heavy atom. The molecule has 0 aromatic carbocycles. The Morgan fingerprint density at radius 1 is 1.09 bits per heavy atom. The SMILES string of the molecule is COC(=O)C1CC(C2CCSC2)C2C(=O)[C@@]3(OC4C(Cl)C(OC)CC(OC)C4C3=O)[C@H](C)CC2N1. The molecule has 2 aliphatic carbocycles. The highest BCUT2D eigenvalue weighted by Gasteiger charge is 2.70. The van der Waals surface area contributed by atoms with E-state index >= 15 is 0 Å². The van der Waals surface area contributed by atoms with Gasteiger partial charge in [0, 0.05) is 38.5 Å². The summed E-state index contributed by atoms with van der Waals surface area (Å²) in [5.74, 6) is 0.329. The molecule has 3 saturated heterocycles. The third-order valence-electron chi connectivity index (χ3n) is 9.33. The van der Waals surface area contributed by atoms with Gasteiger partial charge < -0.3 is 24.3 Å². The number of ketones is 2. The number of piperidine rings is 1. The second kappa shape index (κ2) is 9.87. The predicted octanol–water partition coefficient (Wildman–Crippen LogP) is 1.85. The fraction of sp³-hybridized carbons (Fsp3) is 0.880. The molecule has 10 heteroatoms. The molecule has 0 amide bonds. The van der Waals surface area contributed by atoms with Gasteiger partial charge in [0.25, 0.3) is 0 Å². The summed E-state index contributed by atoms with van der Waals surface area (Å²) in [5.41, 5.74) is -1.53. The second-order valence-electron chi connectivity index (χ2n) is 10.8. The third-order valence-corrected chi connectivity index (χ3v) is 11.0. The lowest BCUT2D eigenvalue weighted by Crippen LogP contribution is -2.68. The maximum Gasteiger partial charge on any atom is 0.322 e. The van der Waals surface area contributed by atoms with Gasteiger partial charge in [0.05, 0.1) is 36.7 Å². The van der Waals surface area contributed by atoms with Crippen LogP contribution in [0.5, 0.6) is 0 Å². The van der Waals surface area contributed by atoms with Gasteiger partial charge in [0.15, 0.2) is 17.2 Å². The molecule has 3 aliphatic heterocycles. The Kier molecular flexibility index (Phi) is 7.31. The third kappa shape index (κ3) is 3.91. The topological polar surface area (TPSA) is 100 Å². The van der Waals surface area contributed by atoms with Gasteiger partial charge in [-0.05, 0) is 42.6 Å². The Balaban J connectivity index is 1.51. The number of hydrogen-bond acceptors (Lipinski definition) is 9. The number of nitrogens with one attached hydrogen (secondary N) is 1. The van der Waals surface area contributed by atoms with Crippen LogP contribution in [0.4, 0.5) is 0 Å². The molecule has 12 atom stereocenters. The van der Waals surface area contributed by atoms with E-state index in [0.29, 0.717) is 25.2 Å². The summed E-state index contributed by atoms with van der Waals surface area (Å²) in [6.45, 7) is 1.91. The van der Waals surface area contributed by atoms with Gasteiger partial charge in [-0.15, -0.1) is 11.6 Å². The van der Waals surface area contributed by atoms with Crippen molar-refractivity contribution >= 4 is 40.9 Å². The van der Waals surface area contributed by atoms with Crippen molar-refractivity contribution < 1.29 is 33.3 Å². The summed E-state index contributed by atoms with van der Waals surface area (Å²) < 4.78 is 22.9. The first-order valence-electron chi connectivity index (χ1n) is 12.7. The lowest BCUT2D eigenvalue weighted by atomic mass is 9.57. The van der Waals surface area contributed by atoms with E-state index in [1.807, 2.05) is 18.7 Å². The molecule has 0 radical (unpaired) electrons. The summed E-state index contributed by atoms with van der Waals surface area (Å²) in [5, 5.41) is 2.86. The molecule has 2 saturated carbocycles. The van der Waals surface area contributed by atoms with Crippen molar-refractivity contribution in [2.45, 2.75) is 74.0 Å². The van der Waals surface area contributed by atoms with Crippen molar-refractivity contribution in [3.8, 4) is 0 Å². The Morgan fingerprint density at radius 3 is 2.43 bits per heavy atom. The first kappa shape index (κ1) is 25.9. The minimum absolute atomic E-state index is 0.00648. The number of esters is 1. The summed E-state index contributed by atoms with van der Waals surface area (Å²) in [6, 6.07) is -0.645. The number of methoxy groups -OCH3 is 3. The van der Waals surface area contributed by atoms with E-state index in [-0.39, 0.29) is 41.5 Å². The molecule has 1 N–H and O–H groups in total. The summed E-state index contributed by atoms with van der Waals surface area (Å²) >= 11 is 8.66. The average molecular weight is 530 g/mol. The molecular formula is C25H36ClNO7S. The van der Waals surface area contributed by atoms with Gasteiger partial charge in [0.2, 0.25) is 0 Å².